The minimum Gasteiger partial charge on any atom is -0.470 e. The van der Waals surface area contributed by atoms with E-state index in [1.54, 1.807) is 30.5 Å². The summed E-state index contributed by atoms with van der Waals surface area (Å²) >= 11 is 13.3. The summed E-state index contributed by atoms with van der Waals surface area (Å²) < 4.78 is 11.7. The number of carbonyl (C=O) groups is 2. The number of anilines is 1. The van der Waals surface area contributed by atoms with Crippen LogP contribution in [-0.4, -0.2) is 28.8 Å². The Morgan fingerprint density at radius 3 is 2.82 bits per heavy atom. The van der Waals surface area contributed by atoms with Gasteiger partial charge >= 0.3 is 5.97 Å². The molecular formula is C18H15Cl2N3O4S. The first-order valence-electron chi connectivity index (χ1n) is 7.99. The number of nitrogens with zero attached hydrogens (tertiary/aromatic N) is 2. The molecule has 0 aliphatic carbocycles. The summed E-state index contributed by atoms with van der Waals surface area (Å²) in [6.45, 7) is 1.87. The Morgan fingerprint density at radius 2 is 2.07 bits per heavy atom. The highest BCUT2D eigenvalue weighted by Crippen LogP contribution is 2.31. The van der Waals surface area contributed by atoms with Crippen LogP contribution in [-0.2, 0) is 11.5 Å². The van der Waals surface area contributed by atoms with Gasteiger partial charge in [-0.3, -0.25) is 4.79 Å². The van der Waals surface area contributed by atoms with Gasteiger partial charge in [-0.25, -0.2) is 9.48 Å². The first-order valence-corrected chi connectivity index (χ1v) is 9.56. The quantitative estimate of drug-likeness (QED) is 0.565. The zero-order valence-corrected chi connectivity index (χ0v) is 17.2. The van der Waals surface area contributed by atoms with Crippen LogP contribution in [0.5, 0.6) is 5.75 Å². The van der Waals surface area contributed by atoms with Gasteiger partial charge in [-0.2, -0.15) is 5.10 Å². The lowest BCUT2D eigenvalue weighted by molar-refractivity contribution is 0.0602. The Bertz CT molecular complexity index is 1030. The molecule has 1 N–H and O–H groups in total. The Balaban J connectivity index is 1.68. The van der Waals surface area contributed by atoms with Crippen LogP contribution < -0.4 is 10.1 Å². The number of aryl methyl sites for hydroxylation is 1. The molecule has 0 saturated carbocycles. The molecule has 0 spiro atoms. The number of halogens is 2. The number of ether oxygens (including phenoxy) is 2. The van der Waals surface area contributed by atoms with Crippen molar-refractivity contribution in [1.82, 2.24) is 9.78 Å². The lowest BCUT2D eigenvalue weighted by atomic mass is 10.3. The van der Waals surface area contributed by atoms with E-state index >= 15 is 0 Å². The summed E-state index contributed by atoms with van der Waals surface area (Å²) in [6.07, 6.45) is 1.59. The molecule has 1 amide bonds. The molecule has 3 rings (SSSR count). The molecule has 3 aromatic rings. The molecule has 0 aliphatic heterocycles. The van der Waals surface area contributed by atoms with Crippen LogP contribution in [0.25, 0.3) is 0 Å². The van der Waals surface area contributed by atoms with Gasteiger partial charge in [0.25, 0.3) is 5.91 Å². The van der Waals surface area contributed by atoms with E-state index in [1.807, 2.05) is 6.92 Å². The largest absolute Gasteiger partial charge is 0.470 e. The van der Waals surface area contributed by atoms with E-state index in [-0.39, 0.29) is 12.4 Å². The topological polar surface area (TPSA) is 82.5 Å². The molecule has 1 aromatic carbocycles. The first-order chi connectivity index (χ1) is 13.4. The van der Waals surface area contributed by atoms with Crippen molar-refractivity contribution >= 4 is 51.4 Å². The highest BCUT2D eigenvalue weighted by Gasteiger charge is 2.19. The molecule has 0 saturated heterocycles. The minimum atomic E-state index is -0.517. The third kappa shape index (κ3) is 4.46. The Hall–Kier alpha value is -2.55. The molecule has 0 fully saturated rings. The molecule has 7 nitrogen and oxygen atoms in total. The number of aromatic nitrogens is 2. The van der Waals surface area contributed by atoms with Gasteiger partial charge < -0.3 is 14.8 Å². The van der Waals surface area contributed by atoms with Gasteiger partial charge in [0.15, 0.2) is 12.4 Å². The monoisotopic (exact) mass is 439 g/mol. The molecule has 146 valence electrons. The van der Waals surface area contributed by atoms with Crippen LogP contribution >= 0.6 is 34.5 Å². The summed E-state index contributed by atoms with van der Waals surface area (Å²) in [5.74, 6) is -0.559. The molecule has 0 bridgehead atoms. The number of amides is 1. The Morgan fingerprint density at radius 1 is 1.29 bits per heavy atom. The molecule has 2 aromatic heterocycles. The number of carbonyl (C=O) groups excluding carboxylic acids is 2. The van der Waals surface area contributed by atoms with E-state index in [4.69, 9.17) is 32.7 Å². The number of benzene rings is 1. The summed E-state index contributed by atoms with van der Waals surface area (Å²) in [7, 11) is 1.29. The second-order valence-corrected chi connectivity index (χ2v) is 7.65. The van der Waals surface area contributed by atoms with Crippen LogP contribution in [0, 0.1) is 6.92 Å². The summed E-state index contributed by atoms with van der Waals surface area (Å²) in [6, 6.07) is 8.25. The molecule has 0 radical (unpaired) electrons. The summed E-state index contributed by atoms with van der Waals surface area (Å²) in [5, 5.41) is 7.95. The van der Waals surface area contributed by atoms with Crippen LogP contribution in [0.3, 0.4) is 0 Å². The maximum absolute atomic E-state index is 12.5. The smallest absolute Gasteiger partial charge is 0.340 e. The van der Waals surface area contributed by atoms with Crippen molar-refractivity contribution in [2.24, 2.45) is 0 Å². The fraction of sp³-hybridized carbons (Fsp3) is 0.167. The molecule has 0 unspecified atom stereocenters. The highest BCUT2D eigenvalue weighted by molar-refractivity contribution is 7.16. The lowest BCUT2D eigenvalue weighted by Gasteiger charge is -2.08. The van der Waals surface area contributed by atoms with Gasteiger partial charge in [0.1, 0.15) is 15.8 Å². The van der Waals surface area contributed by atoms with Gasteiger partial charge in [-0.05, 0) is 31.2 Å². The average Bonchev–Trinajstić information content (AvgIpc) is 3.29. The average molecular weight is 440 g/mol. The van der Waals surface area contributed by atoms with Crippen molar-refractivity contribution in [3.63, 3.8) is 0 Å². The molecule has 0 aliphatic rings. The zero-order valence-electron chi connectivity index (χ0n) is 14.9. The van der Waals surface area contributed by atoms with Crippen molar-refractivity contribution in [1.29, 1.82) is 0 Å². The number of methoxy groups -OCH3 is 1. The molecule has 2 heterocycles. The van der Waals surface area contributed by atoms with Crippen molar-refractivity contribution in [3.05, 3.63) is 62.7 Å². The number of thiophene rings is 1. The summed E-state index contributed by atoms with van der Waals surface area (Å²) in [4.78, 5) is 25.1. The van der Waals surface area contributed by atoms with Gasteiger partial charge in [0, 0.05) is 11.1 Å². The summed E-state index contributed by atoms with van der Waals surface area (Å²) in [5.41, 5.74) is 0.472. The Kier molecular flexibility index (Phi) is 6.23. The molecular weight excluding hydrogens is 425 g/mol. The van der Waals surface area contributed by atoms with Crippen LogP contribution in [0.2, 0.25) is 10.0 Å². The van der Waals surface area contributed by atoms with E-state index in [1.165, 1.54) is 29.2 Å². The minimum absolute atomic E-state index is 0.0405. The predicted molar refractivity (Wildman–Crippen MR) is 108 cm³/mol. The maximum Gasteiger partial charge on any atom is 0.340 e. The lowest BCUT2D eigenvalue weighted by Crippen LogP contribution is -2.15. The normalized spacial score (nSPS) is 10.6. The van der Waals surface area contributed by atoms with E-state index < -0.39 is 11.9 Å². The third-order valence-electron chi connectivity index (χ3n) is 3.63. The molecule has 0 atom stereocenters. The fourth-order valence-electron chi connectivity index (χ4n) is 2.32. The molecule has 28 heavy (non-hydrogen) atoms. The van der Waals surface area contributed by atoms with E-state index in [0.717, 1.165) is 4.88 Å². The second-order valence-electron chi connectivity index (χ2n) is 5.61. The highest BCUT2D eigenvalue weighted by atomic mass is 35.5. The fourth-order valence-corrected chi connectivity index (χ4v) is 3.56. The molecule has 10 heteroatoms. The van der Waals surface area contributed by atoms with Gasteiger partial charge in [0.2, 0.25) is 0 Å². The Labute approximate surface area is 174 Å². The zero-order chi connectivity index (χ0) is 20.3. The van der Waals surface area contributed by atoms with Crippen molar-refractivity contribution in [2.45, 2.75) is 13.7 Å². The van der Waals surface area contributed by atoms with Gasteiger partial charge in [-0.1, -0.05) is 29.3 Å². The SMILES string of the molecule is COC(=O)c1cc(C)sc1NC(=O)c1ccn(COc2cccc(Cl)c2Cl)n1. The van der Waals surface area contributed by atoms with Crippen molar-refractivity contribution in [2.75, 3.05) is 12.4 Å². The number of rotatable bonds is 6. The van der Waals surface area contributed by atoms with Crippen molar-refractivity contribution in [3.8, 4) is 5.75 Å². The van der Waals surface area contributed by atoms with Crippen molar-refractivity contribution < 1.29 is 19.1 Å². The third-order valence-corrected chi connectivity index (χ3v) is 5.40. The van der Waals surface area contributed by atoms with Crippen LogP contribution in [0.1, 0.15) is 25.7 Å². The van der Waals surface area contributed by atoms with Crippen LogP contribution in [0.15, 0.2) is 36.5 Å². The van der Waals surface area contributed by atoms with Crippen LogP contribution in [0.4, 0.5) is 5.00 Å². The predicted octanol–water partition coefficient (Wildman–Crippen LogP) is 4.64. The second kappa shape index (κ2) is 8.64. The first kappa shape index (κ1) is 20.2. The van der Waals surface area contributed by atoms with Gasteiger partial charge in [-0.15, -0.1) is 11.3 Å². The number of hydrogen-bond acceptors (Lipinski definition) is 6. The van der Waals surface area contributed by atoms with E-state index in [9.17, 15) is 9.59 Å². The standard InChI is InChI=1S/C18H15Cl2N3O4S/c1-10-8-11(18(25)26-2)17(28-10)21-16(24)13-6-7-23(22-13)9-27-14-5-3-4-12(19)15(14)20/h3-8H,9H2,1-2H3,(H,21,24). The number of hydrogen-bond donors (Lipinski definition) is 1. The van der Waals surface area contributed by atoms with Gasteiger partial charge in [0.05, 0.1) is 17.7 Å². The number of esters is 1. The number of nitrogens with one attached hydrogen (secondary N) is 1. The van der Waals surface area contributed by atoms with E-state index in [2.05, 4.69) is 10.4 Å². The van der Waals surface area contributed by atoms with E-state index in [0.29, 0.717) is 26.4 Å². The maximum atomic E-state index is 12.5.